The van der Waals surface area contributed by atoms with Gasteiger partial charge in [-0.15, -0.1) is 0 Å². The topological polar surface area (TPSA) is 373 Å². The molecule has 0 spiro atoms. The number of carbonyl (C=O) groups is 2. The van der Waals surface area contributed by atoms with Crippen LogP contribution >= 0.6 is 36.1 Å². The second-order valence-corrected chi connectivity index (χ2v) is 17.1. The number of ether oxygens (including phenoxy) is 1. The predicted octanol–water partition coefficient (Wildman–Crippen LogP) is -1.06. The van der Waals surface area contributed by atoms with Crippen LogP contribution in [0.1, 0.15) is 40.3 Å². The van der Waals surface area contributed by atoms with Crippen molar-refractivity contribution in [1.29, 1.82) is 0 Å². The van der Waals surface area contributed by atoms with Crippen molar-refractivity contribution in [2.45, 2.75) is 64.8 Å². The summed E-state index contributed by atoms with van der Waals surface area (Å²) in [5, 5.41) is 26.1. The second kappa shape index (κ2) is 20.1. The lowest BCUT2D eigenvalue weighted by molar-refractivity contribution is -0.137. The highest BCUT2D eigenvalue weighted by Gasteiger charge is 2.50. The third-order valence-corrected chi connectivity index (χ3v) is 10.3. The molecular weight excluding hydrogens is 793 g/mol. The third kappa shape index (κ3) is 15.1. The normalized spacial score (nSPS) is 22.1. The Morgan fingerprint density at radius 1 is 1.08 bits per heavy atom. The summed E-state index contributed by atoms with van der Waals surface area (Å²) in [6.45, 7) is 5.72. The van der Waals surface area contributed by atoms with Gasteiger partial charge in [-0.1, -0.05) is 27.7 Å². The zero-order valence-electron chi connectivity index (χ0n) is 29.1. The molecule has 24 nitrogen and oxygen atoms in total. The molecule has 0 aliphatic carbocycles. The minimum atomic E-state index is -5.54. The van der Waals surface area contributed by atoms with Crippen molar-refractivity contribution < 1.29 is 75.7 Å². The molecule has 0 bridgehead atoms. The standard InChI is InChI=1S/C21H36N7O16P3S.C4H11N/c1-21(2,16(31)19(32)24-4-3-12(29)23-5-6-48)8-41-47(38,39)44-46(36,37)40-7-11-15(43-45(33,34)35)14(30)20(42-11)28-10-27-13-17(22)25-9-26-18(13)28;1-4(2)3-5/h9-11,14-16,20,30-31,48H,3-8H2,1-2H3,(H,23,29)(H,24,32)(H,36,37)(H,38,39)(H2,22,25,26)(H2,33,34,35);4H,3,5H2,1-2H3/t11-,14-,15-,16+,20-;/m1./s1. The number of nitrogen functional groups attached to an aromatic ring is 1. The molecule has 2 unspecified atom stereocenters. The van der Waals surface area contributed by atoms with E-state index in [4.69, 9.17) is 25.3 Å². The first-order valence-electron chi connectivity index (χ1n) is 15.6. The number of nitrogens with zero attached hydrogens (tertiary/aromatic N) is 4. The Morgan fingerprint density at radius 2 is 1.70 bits per heavy atom. The summed E-state index contributed by atoms with van der Waals surface area (Å²) >= 11 is 3.95. The number of hydrogen-bond donors (Lipinski definition) is 11. The largest absolute Gasteiger partial charge is 0.481 e. The zero-order chi connectivity index (χ0) is 40.4. The van der Waals surface area contributed by atoms with Gasteiger partial charge in [-0.25, -0.2) is 28.6 Å². The molecule has 1 aliphatic rings. The minimum Gasteiger partial charge on any atom is -0.386 e. The van der Waals surface area contributed by atoms with Crippen LogP contribution in [0, 0.1) is 11.3 Å². The first-order chi connectivity index (χ1) is 24.4. The van der Waals surface area contributed by atoms with Crippen molar-refractivity contribution in [1.82, 2.24) is 30.2 Å². The lowest BCUT2D eigenvalue weighted by Crippen LogP contribution is -2.46. The van der Waals surface area contributed by atoms with Crippen LogP contribution in [0.5, 0.6) is 0 Å². The number of phosphoric acid groups is 3. The van der Waals surface area contributed by atoms with E-state index in [1.165, 1.54) is 13.8 Å². The maximum Gasteiger partial charge on any atom is 0.481 e. The Morgan fingerprint density at radius 3 is 2.28 bits per heavy atom. The molecule has 1 saturated heterocycles. The lowest BCUT2D eigenvalue weighted by Gasteiger charge is -2.30. The number of phosphoric ester groups is 3. The molecule has 0 radical (unpaired) electrons. The average Bonchev–Trinajstić information content (AvgIpc) is 3.61. The van der Waals surface area contributed by atoms with Crippen molar-refractivity contribution in [3.05, 3.63) is 12.7 Å². The first kappa shape index (κ1) is 47.0. The van der Waals surface area contributed by atoms with E-state index in [2.05, 4.69) is 60.9 Å². The molecule has 2 amide bonds. The van der Waals surface area contributed by atoms with E-state index in [0.717, 1.165) is 23.8 Å². The van der Waals surface area contributed by atoms with Crippen molar-refractivity contribution >= 4 is 64.9 Å². The number of aromatic nitrogens is 4. The summed E-state index contributed by atoms with van der Waals surface area (Å²) in [7, 11) is -16.3. The van der Waals surface area contributed by atoms with Crippen molar-refractivity contribution in [3.8, 4) is 0 Å². The fourth-order valence-electron chi connectivity index (χ4n) is 4.14. The van der Waals surface area contributed by atoms with Crippen LogP contribution in [-0.4, -0.2) is 124 Å². The molecule has 12 N–H and O–H groups in total. The van der Waals surface area contributed by atoms with Crippen LogP contribution < -0.4 is 22.1 Å². The Hall–Kier alpha value is -2.15. The molecule has 0 saturated carbocycles. The van der Waals surface area contributed by atoms with Gasteiger partial charge in [0.05, 0.1) is 19.5 Å². The molecule has 2 aromatic rings. The van der Waals surface area contributed by atoms with Gasteiger partial charge >= 0.3 is 23.5 Å². The number of fused-ring (bicyclic) bond motifs is 1. The van der Waals surface area contributed by atoms with Crippen molar-refractivity contribution in [2.75, 3.05) is 44.3 Å². The van der Waals surface area contributed by atoms with Gasteiger partial charge in [-0.3, -0.25) is 27.7 Å². The summed E-state index contributed by atoms with van der Waals surface area (Å²) in [5.74, 6) is -0.281. The number of nitrogens with one attached hydrogen (secondary N) is 2. The van der Waals surface area contributed by atoms with Crippen LogP contribution in [0.3, 0.4) is 0 Å². The molecule has 1 aliphatic heterocycles. The van der Waals surface area contributed by atoms with E-state index in [9.17, 15) is 53.1 Å². The van der Waals surface area contributed by atoms with E-state index in [0.29, 0.717) is 18.2 Å². The van der Waals surface area contributed by atoms with Gasteiger partial charge in [-0.2, -0.15) is 16.9 Å². The number of rotatable bonds is 19. The van der Waals surface area contributed by atoms with Crippen LogP contribution in [0.2, 0.25) is 0 Å². The number of nitrogens with two attached hydrogens (primary N) is 2. The van der Waals surface area contributed by atoms with E-state index >= 15 is 0 Å². The predicted molar refractivity (Wildman–Crippen MR) is 187 cm³/mol. The van der Waals surface area contributed by atoms with E-state index in [1.54, 1.807) is 0 Å². The van der Waals surface area contributed by atoms with Crippen LogP contribution in [0.15, 0.2) is 12.7 Å². The summed E-state index contributed by atoms with van der Waals surface area (Å²) < 4.78 is 61.7. The summed E-state index contributed by atoms with van der Waals surface area (Å²) in [5.41, 5.74) is 9.47. The number of aliphatic hydroxyl groups is 2. The van der Waals surface area contributed by atoms with Gasteiger partial charge < -0.3 is 56.6 Å². The molecular formula is C25H47N8O16P3S. The molecule has 3 heterocycles. The maximum absolute atomic E-state index is 12.6. The summed E-state index contributed by atoms with van der Waals surface area (Å²) in [4.78, 5) is 74.6. The Labute approximate surface area is 309 Å². The molecule has 3 rings (SSSR count). The average molecular weight is 841 g/mol. The number of amides is 2. The summed E-state index contributed by atoms with van der Waals surface area (Å²) in [6.07, 6.45) is -6.74. The molecule has 304 valence electrons. The maximum atomic E-state index is 12.6. The monoisotopic (exact) mass is 840 g/mol. The van der Waals surface area contributed by atoms with Crippen LogP contribution in [0.4, 0.5) is 5.82 Å². The molecule has 0 aromatic carbocycles. The van der Waals surface area contributed by atoms with E-state index < -0.39 is 78.6 Å². The molecule has 1 fully saturated rings. The number of thiol groups is 1. The molecule has 53 heavy (non-hydrogen) atoms. The van der Waals surface area contributed by atoms with Gasteiger partial charge in [-0.05, 0) is 12.5 Å². The second-order valence-electron chi connectivity index (χ2n) is 12.4. The fourth-order valence-corrected chi connectivity index (χ4v) is 7.08. The van der Waals surface area contributed by atoms with E-state index in [1.807, 2.05) is 0 Å². The number of hydrogen-bond acceptors (Lipinski definition) is 18. The fraction of sp³-hybridized carbons (Fsp3) is 0.720. The number of anilines is 1. The van der Waals surface area contributed by atoms with Gasteiger partial charge in [0.25, 0.3) is 0 Å². The SMILES string of the molecule is CC(C)(COP(=O)(O)OP(=O)(O)OC[C@H]1O[C@@H](n2cnc3c(N)ncnc32)[C@H](O)[C@@H]1OP(=O)(O)O)[C@@H](O)C(=O)NCCC(=O)NCCS.CC(C)CN. The quantitative estimate of drug-likeness (QED) is 0.0593. The molecule has 2 aromatic heterocycles. The Bertz CT molecular complexity index is 1670. The number of carbonyl (C=O) groups excluding carboxylic acids is 2. The highest BCUT2D eigenvalue weighted by molar-refractivity contribution is 7.80. The summed E-state index contributed by atoms with van der Waals surface area (Å²) in [6, 6.07) is 0. The van der Waals surface area contributed by atoms with Gasteiger partial charge in [0, 0.05) is 30.7 Å². The lowest BCUT2D eigenvalue weighted by atomic mass is 9.87. The highest BCUT2D eigenvalue weighted by Crippen LogP contribution is 2.61. The Kier molecular flexibility index (Phi) is 17.9. The van der Waals surface area contributed by atoms with Crippen LogP contribution in [-0.2, 0) is 45.9 Å². The van der Waals surface area contributed by atoms with Gasteiger partial charge in [0.15, 0.2) is 17.7 Å². The van der Waals surface area contributed by atoms with Gasteiger partial charge in [0.1, 0.15) is 36.3 Å². The minimum absolute atomic E-state index is 0.0363. The number of aliphatic hydroxyl groups excluding tert-OH is 2. The highest BCUT2D eigenvalue weighted by atomic mass is 32.1. The van der Waals surface area contributed by atoms with E-state index in [-0.39, 0.29) is 35.9 Å². The van der Waals surface area contributed by atoms with Crippen LogP contribution in [0.25, 0.3) is 11.2 Å². The number of imidazole rings is 1. The zero-order valence-corrected chi connectivity index (χ0v) is 32.6. The van der Waals surface area contributed by atoms with Crippen molar-refractivity contribution in [3.63, 3.8) is 0 Å². The molecule has 7 atom stereocenters. The smallest absolute Gasteiger partial charge is 0.386 e. The third-order valence-electron chi connectivity index (χ3n) is 6.98. The van der Waals surface area contributed by atoms with Gasteiger partial charge in [0.2, 0.25) is 11.8 Å². The molecule has 28 heteroatoms. The van der Waals surface area contributed by atoms with Crippen molar-refractivity contribution in [2.24, 2.45) is 17.1 Å². The Balaban J connectivity index is 0.00000181. The first-order valence-corrected chi connectivity index (χ1v) is 20.8.